The lowest BCUT2D eigenvalue weighted by Gasteiger charge is -2.13. The van der Waals surface area contributed by atoms with Gasteiger partial charge in [0.15, 0.2) is 5.82 Å². The lowest BCUT2D eigenvalue weighted by molar-refractivity contribution is 0.0670. The van der Waals surface area contributed by atoms with E-state index in [0.29, 0.717) is 11.7 Å². The first-order valence-electron chi connectivity index (χ1n) is 4.72. The van der Waals surface area contributed by atoms with Gasteiger partial charge in [0.1, 0.15) is 0 Å². The van der Waals surface area contributed by atoms with Crippen LogP contribution in [-0.4, -0.2) is 23.0 Å². The molecule has 2 N–H and O–H groups in total. The predicted octanol–water partition coefficient (Wildman–Crippen LogP) is 1.65. The fourth-order valence-corrected chi connectivity index (χ4v) is 1.89. The third kappa shape index (κ3) is 2.09. The van der Waals surface area contributed by atoms with Gasteiger partial charge in [-0.25, -0.2) is 0 Å². The Morgan fingerprint density at radius 3 is 2.93 bits per heavy atom. The number of aromatic nitrogens is 2. The maximum Gasteiger partial charge on any atom is 0.159 e. The number of ether oxygens (including phenoxy) is 1. The molecule has 1 aliphatic carbocycles. The molecule has 1 aliphatic rings. The van der Waals surface area contributed by atoms with Gasteiger partial charge >= 0.3 is 0 Å². The zero-order chi connectivity index (χ0) is 10.1. The van der Waals surface area contributed by atoms with Gasteiger partial charge in [-0.05, 0) is 34.7 Å². The molecular formula is C9H14BrN3O. The Labute approximate surface area is 91.5 Å². The van der Waals surface area contributed by atoms with E-state index < -0.39 is 0 Å². The van der Waals surface area contributed by atoms with Gasteiger partial charge in [-0.15, -0.1) is 0 Å². The van der Waals surface area contributed by atoms with Crippen molar-refractivity contribution in [2.45, 2.75) is 25.5 Å². The fourth-order valence-electron chi connectivity index (χ4n) is 1.57. The SMILES string of the molecule is COC(Cn1cc(Br)c(N)n1)C1CC1. The smallest absolute Gasteiger partial charge is 0.159 e. The largest absolute Gasteiger partial charge is 0.381 e. The van der Waals surface area contributed by atoms with Gasteiger partial charge < -0.3 is 10.5 Å². The van der Waals surface area contributed by atoms with Gasteiger partial charge in [0.2, 0.25) is 0 Å². The third-order valence-electron chi connectivity index (χ3n) is 2.56. The molecule has 1 heterocycles. The first-order chi connectivity index (χ1) is 6.70. The minimum atomic E-state index is 0.279. The number of nitrogens with zero attached hydrogens (tertiary/aromatic N) is 2. The minimum Gasteiger partial charge on any atom is -0.381 e. The molecule has 1 saturated carbocycles. The lowest BCUT2D eigenvalue weighted by Crippen LogP contribution is -2.21. The minimum absolute atomic E-state index is 0.279. The van der Waals surface area contributed by atoms with E-state index in [2.05, 4.69) is 21.0 Å². The molecule has 5 heteroatoms. The van der Waals surface area contributed by atoms with Crippen LogP contribution in [0, 0.1) is 5.92 Å². The second-order valence-electron chi connectivity index (χ2n) is 3.70. The molecule has 0 amide bonds. The predicted molar refractivity (Wildman–Crippen MR) is 57.9 cm³/mol. The zero-order valence-electron chi connectivity index (χ0n) is 8.11. The van der Waals surface area contributed by atoms with Crippen LogP contribution in [0.3, 0.4) is 0 Å². The molecule has 4 nitrogen and oxygen atoms in total. The maximum absolute atomic E-state index is 5.63. The summed E-state index contributed by atoms with van der Waals surface area (Å²) in [5, 5.41) is 4.18. The summed E-state index contributed by atoms with van der Waals surface area (Å²) in [6.07, 6.45) is 4.72. The quantitative estimate of drug-likeness (QED) is 0.895. The van der Waals surface area contributed by atoms with Gasteiger partial charge in [0.05, 0.1) is 17.1 Å². The van der Waals surface area contributed by atoms with Gasteiger partial charge in [-0.3, -0.25) is 4.68 Å². The van der Waals surface area contributed by atoms with E-state index >= 15 is 0 Å². The van der Waals surface area contributed by atoms with Gasteiger partial charge in [0, 0.05) is 13.3 Å². The highest BCUT2D eigenvalue weighted by Gasteiger charge is 2.31. The van der Waals surface area contributed by atoms with Crippen molar-refractivity contribution in [3.8, 4) is 0 Å². The monoisotopic (exact) mass is 259 g/mol. The van der Waals surface area contributed by atoms with E-state index in [1.807, 2.05) is 10.9 Å². The molecule has 1 aromatic heterocycles. The summed E-state index contributed by atoms with van der Waals surface area (Å²) in [6, 6.07) is 0. The van der Waals surface area contributed by atoms with Crippen molar-refractivity contribution in [3.63, 3.8) is 0 Å². The molecule has 0 aromatic carbocycles. The van der Waals surface area contributed by atoms with Crippen LogP contribution in [0.4, 0.5) is 5.82 Å². The molecule has 0 radical (unpaired) electrons. The normalized spacial score (nSPS) is 18.4. The van der Waals surface area contributed by atoms with E-state index in [-0.39, 0.29) is 6.10 Å². The Balaban J connectivity index is 2.01. The van der Waals surface area contributed by atoms with E-state index in [9.17, 15) is 0 Å². The summed E-state index contributed by atoms with van der Waals surface area (Å²) >= 11 is 3.33. The number of hydrogen-bond donors (Lipinski definition) is 1. The van der Waals surface area contributed by atoms with Crippen LogP contribution in [0.25, 0.3) is 0 Å². The van der Waals surface area contributed by atoms with Crippen molar-refractivity contribution in [2.75, 3.05) is 12.8 Å². The Morgan fingerprint density at radius 2 is 2.50 bits per heavy atom. The van der Waals surface area contributed by atoms with Gasteiger partial charge in [-0.2, -0.15) is 5.10 Å². The van der Waals surface area contributed by atoms with Crippen molar-refractivity contribution < 1.29 is 4.74 Å². The average molecular weight is 260 g/mol. The first-order valence-corrected chi connectivity index (χ1v) is 5.51. The van der Waals surface area contributed by atoms with Crippen LogP contribution in [0.15, 0.2) is 10.7 Å². The number of anilines is 1. The van der Waals surface area contributed by atoms with Crippen LogP contribution < -0.4 is 5.73 Å². The molecular weight excluding hydrogens is 246 g/mol. The highest BCUT2D eigenvalue weighted by atomic mass is 79.9. The number of methoxy groups -OCH3 is 1. The topological polar surface area (TPSA) is 53.1 Å². The third-order valence-corrected chi connectivity index (χ3v) is 3.17. The summed E-state index contributed by atoms with van der Waals surface area (Å²) in [5.74, 6) is 1.25. The molecule has 0 bridgehead atoms. The van der Waals surface area contributed by atoms with E-state index in [0.717, 1.165) is 11.0 Å². The summed E-state index contributed by atoms with van der Waals surface area (Å²) in [7, 11) is 1.75. The van der Waals surface area contributed by atoms with E-state index in [1.54, 1.807) is 7.11 Å². The first kappa shape index (κ1) is 9.98. The molecule has 0 saturated heterocycles. The highest BCUT2D eigenvalue weighted by Crippen LogP contribution is 2.34. The summed E-state index contributed by atoms with van der Waals surface area (Å²) in [4.78, 5) is 0. The Kier molecular flexibility index (Phi) is 2.78. The van der Waals surface area contributed by atoms with Crippen molar-refractivity contribution in [2.24, 2.45) is 5.92 Å². The average Bonchev–Trinajstić information content (AvgIpc) is 2.92. The lowest BCUT2D eigenvalue weighted by atomic mass is 10.2. The summed E-state index contributed by atoms with van der Waals surface area (Å²) in [6.45, 7) is 0.789. The Hall–Kier alpha value is -0.550. The van der Waals surface area contributed by atoms with Crippen LogP contribution in [0.5, 0.6) is 0 Å². The van der Waals surface area contributed by atoms with Crippen LogP contribution >= 0.6 is 15.9 Å². The van der Waals surface area contributed by atoms with Crippen molar-refractivity contribution in [1.29, 1.82) is 0 Å². The molecule has 0 spiro atoms. The number of rotatable bonds is 4. The standard InChI is InChI=1S/C9H14BrN3O/c1-14-8(6-2-3-6)5-13-4-7(10)9(11)12-13/h4,6,8H,2-3,5H2,1H3,(H2,11,12). The molecule has 14 heavy (non-hydrogen) atoms. The van der Waals surface area contributed by atoms with Crippen LogP contribution in [0.1, 0.15) is 12.8 Å². The Bertz CT molecular complexity index is 302. The molecule has 1 unspecified atom stereocenters. The number of hydrogen-bond acceptors (Lipinski definition) is 3. The van der Waals surface area contributed by atoms with E-state index in [1.165, 1.54) is 12.8 Å². The van der Waals surface area contributed by atoms with Crippen LogP contribution in [-0.2, 0) is 11.3 Å². The van der Waals surface area contributed by atoms with E-state index in [4.69, 9.17) is 10.5 Å². The highest BCUT2D eigenvalue weighted by molar-refractivity contribution is 9.10. The van der Waals surface area contributed by atoms with Crippen molar-refractivity contribution >= 4 is 21.7 Å². The molecule has 1 fully saturated rings. The molecule has 1 aromatic rings. The summed E-state index contributed by atoms with van der Waals surface area (Å²) in [5.41, 5.74) is 5.63. The Morgan fingerprint density at radius 1 is 1.79 bits per heavy atom. The van der Waals surface area contributed by atoms with Crippen molar-refractivity contribution in [3.05, 3.63) is 10.7 Å². The maximum atomic E-state index is 5.63. The van der Waals surface area contributed by atoms with Gasteiger partial charge in [-0.1, -0.05) is 0 Å². The molecule has 1 atom stereocenters. The molecule has 2 rings (SSSR count). The fraction of sp³-hybridized carbons (Fsp3) is 0.667. The number of halogens is 1. The van der Waals surface area contributed by atoms with Crippen LogP contribution in [0.2, 0.25) is 0 Å². The molecule has 0 aliphatic heterocycles. The van der Waals surface area contributed by atoms with Crippen molar-refractivity contribution in [1.82, 2.24) is 9.78 Å². The number of nitrogens with two attached hydrogens (primary N) is 1. The van der Waals surface area contributed by atoms with Gasteiger partial charge in [0.25, 0.3) is 0 Å². The zero-order valence-corrected chi connectivity index (χ0v) is 9.70. The number of nitrogen functional groups attached to an aromatic ring is 1. The summed E-state index contributed by atoms with van der Waals surface area (Å²) < 4.78 is 8.10. The second kappa shape index (κ2) is 3.90. The second-order valence-corrected chi connectivity index (χ2v) is 4.55. The molecule has 78 valence electrons.